The fraction of sp³-hybridized carbons (Fsp3) is 1.00. The molecule has 0 heterocycles. The van der Waals surface area contributed by atoms with E-state index in [1.807, 2.05) is 13.8 Å². The fourth-order valence-corrected chi connectivity index (χ4v) is 8.35. The lowest BCUT2D eigenvalue weighted by molar-refractivity contribution is -0.0874. The molecule has 4 aliphatic rings. The monoisotopic (exact) mass is 532 g/mol. The first-order valence-electron chi connectivity index (χ1n) is 15.7. The third kappa shape index (κ3) is 7.44. The molecular weight excluding hydrogens is 480 g/mol. The average molecular weight is 533 g/mol. The van der Waals surface area contributed by atoms with Gasteiger partial charge in [0.25, 0.3) is 0 Å². The normalized spacial score (nSPS) is 45.6. The molecule has 8 unspecified atom stereocenters. The minimum atomic E-state index is -1.51. The third-order valence-corrected chi connectivity index (χ3v) is 10.6. The van der Waals surface area contributed by atoms with Crippen molar-refractivity contribution in [2.45, 2.75) is 147 Å². The number of halogens is 4. The first-order chi connectivity index (χ1) is 17.9. The summed E-state index contributed by atoms with van der Waals surface area (Å²) in [6.45, 7) is 5.22. The molecule has 0 aromatic heterocycles. The Morgan fingerprint density at radius 1 is 0.568 bits per heavy atom. The first-order valence-corrected chi connectivity index (χ1v) is 15.7. The van der Waals surface area contributed by atoms with Crippen LogP contribution in [-0.2, 0) is 9.47 Å². The second-order valence-electron chi connectivity index (χ2n) is 12.8. The van der Waals surface area contributed by atoms with E-state index >= 15 is 8.78 Å². The molecule has 6 heteroatoms. The molecule has 0 N–H and O–H groups in total. The number of hydrogen-bond donors (Lipinski definition) is 0. The summed E-state index contributed by atoms with van der Waals surface area (Å²) >= 11 is 0. The second kappa shape index (κ2) is 14.3. The van der Waals surface area contributed by atoms with Gasteiger partial charge in [-0.1, -0.05) is 26.2 Å². The Bertz CT molecular complexity index is 649. The predicted molar refractivity (Wildman–Crippen MR) is 141 cm³/mol. The van der Waals surface area contributed by atoms with E-state index in [0.29, 0.717) is 37.4 Å². The Balaban J connectivity index is 1.16. The van der Waals surface area contributed by atoms with E-state index in [2.05, 4.69) is 0 Å². The minimum Gasteiger partial charge on any atom is -0.379 e. The molecule has 0 aromatic carbocycles. The van der Waals surface area contributed by atoms with Crippen LogP contribution in [0.15, 0.2) is 0 Å². The Morgan fingerprint density at radius 2 is 1.16 bits per heavy atom. The zero-order chi connectivity index (χ0) is 26.4. The first kappa shape index (κ1) is 29.6. The highest BCUT2D eigenvalue weighted by Crippen LogP contribution is 2.47. The molecule has 0 amide bonds. The maximum Gasteiger partial charge on any atom is 0.157 e. The summed E-state index contributed by atoms with van der Waals surface area (Å²) in [5.74, 6) is 0.575. The van der Waals surface area contributed by atoms with E-state index in [1.165, 1.54) is 0 Å². The molecule has 0 bridgehead atoms. The molecule has 216 valence electrons. The Morgan fingerprint density at radius 3 is 1.78 bits per heavy atom. The molecule has 4 saturated carbocycles. The fourth-order valence-electron chi connectivity index (χ4n) is 8.35. The number of alkyl halides is 4. The van der Waals surface area contributed by atoms with Gasteiger partial charge in [0.1, 0.15) is 18.5 Å². The Labute approximate surface area is 223 Å². The van der Waals surface area contributed by atoms with Crippen molar-refractivity contribution < 1.29 is 27.0 Å². The summed E-state index contributed by atoms with van der Waals surface area (Å²) in [6, 6.07) is 0. The van der Waals surface area contributed by atoms with Gasteiger partial charge in [-0.3, -0.25) is 0 Å². The van der Waals surface area contributed by atoms with Gasteiger partial charge in [0, 0.05) is 13.2 Å². The van der Waals surface area contributed by atoms with E-state index in [-0.39, 0.29) is 23.7 Å². The van der Waals surface area contributed by atoms with Gasteiger partial charge < -0.3 is 9.47 Å². The topological polar surface area (TPSA) is 18.5 Å². The van der Waals surface area contributed by atoms with Gasteiger partial charge in [-0.25, -0.2) is 17.6 Å². The molecule has 4 rings (SSSR count). The van der Waals surface area contributed by atoms with E-state index < -0.39 is 30.8 Å². The highest BCUT2D eigenvalue weighted by Gasteiger charge is 2.46. The molecule has 4 fully saturated rings. The van der Waals surface area contributed by atoms with E-state index in [1.54, 1.807) is 0 Å². The van der Waals surface area contributed by atoms with Crippen LogP contribution in [0.3, 0.4) is 0 Å². The molecule has 4 aliphatic carbocycles. The molecule has 0 aliphatic heterocycles. The van der Waals surface area contributed by atoms with Gasteiger partial charge in [-0.2, -0.15) is 0 Å². The van der Waals surface area contributed by atoms with Gasteiger partial charge >= 0.3 is 0 Å². The minimum absolute atomic E-state index is 0.125. The van der Waals surface area contributed by atoms with Crippen molar-refractivity contribution in [3.05, 3.63) is 0 Å². The van der Waals surface area contributed by atoms with Crippen molar-refractivity contribution in [2.24, 2.45) is 35.5 Å². The maximum atomic E-state index is 15.2. The molecule has 37 heavy (non-hydrogen) atoms. The van der Waals surface area contributed by atoms with E-state index in [4.69, 9.17) is 9.47 Å². The van der Waals surface area contributed by atoms with Gasteiger partial charge in [0.2, 0.25) is 0 Å². The smallest absolute Gasteiger partial charge is 0.157 e. The van der Waals surface area contributed by atoms with Gasteiger partial charge in [-0.15, -0.1) is 0 Å². The van der Waals surface area contributed by atoms with Crippen LogP contribution < -0.4 is 0 Å². The predicted octanol–water partition coefficient (Wildman–Crippen LogP) is 8.75. The van der Waals surface area contributed by atoms with Crippen LogP contribution >= 0.6 is 0 Å². The molecule has 8 atom stereocenters. The molecule has 2 nitrogen and oxygen atoms in total. The zero-order valence-corrected chi connectivity index (χ0v) is 23.3. The zero-order valence-electron chi connectivity index (χ0n) is 23.3. The van der Waals surface area contributed by atoms with Crippen LogP contribution in [0.4, 0.5) is 17.6 Å². The average Bonchev–Trinajstić information content (AvgIpc) is 2.92. The molecular formula is C31H52F4O2. The van der Waals surface area contributed by atoms with Crippen molar-refractivity contribution in [1.29, 1.82) is 0 Å². The van der Waals surface area contributed by atoms with Crippen LogP contribution in [0.5, 0.6) is 0 Å². The quantitative estimate of drug-likeness (QED) is 0.262. The summed E-state index contributed by atoms with van der Waals surface area (Å²) in [5, 5.41) is 0. The maximum absolute atomic E-state index is 15.2. The lowest BCUT2D eigenvalue weighted by Gasteiger charge is -2.42. The van der Waals surface area contributed by atoms with Crippen molar-refractivity contribution in [3.8, 4) is 0 Å². The highest BCUT2D eigenvalue weighted by atomic mass is 19.2. The summed E-state index contributed by atoms with van der Waals surface area (Å²) in [6.07, 6.45) is 7.38. The SMILES string of the molecule is CCCOC1CCC(C2CCC(CCC3CCC(C4CCC(OCC)CC4)C(F)C3F)CC2)C(F)C1F. The van der Waals surface area contributed by atoms with Crippen LogP contribution in [0.25, 0.3) is 0 Å². The van der Waals surface area contributed by atoms with E-state index in [0.717, 1.165) is 90.1 Å². The molecule has 0 aromatic rings. The molecule has 0 saturated heterocycles. The summed E-state index contributed by atoms with van der Waals surface area (Å²) in [4.78, 5) is 0. The number of rotatable bonds is 10. The Kier molecular flexibility index (Phi) is 11.5. The number of ether oxygens (including phenoxy) is 2. The summed E-state index contributed by atoms with van der Waals surface area (Å²) in [5.41, 5.74) is 0. The van der Waals surface area contributed by atoms with Crippen LogP contribution in [0, 0.1) is 35.5 Å². The second-order valence-corrected chi connectivity index (χ2v) is 12.8. The van der Waals surface area contributed by atoms with Crippen molar-refractivity contribution >= 4 is 0 Å². The van der Waals surface area contributed by atoms with Gasteiger partial charge in [0.05, 0.1) is 12.2 Å². The van der Waals surface area contributed by atoms with Crippen molar-refractivity contribution in [3.63, 3.8) is 0 Å². The van der Waals surface area contributed by atoms with Crippen molar-refractivity contribution in [2.75, 3.05) is 13.2 Å². The van der Waals surface area contributed by atoms with Gasteiger partial charge in [-0.05, 0) is 119 Å². The van der Waals surface area contributed by atoms with Crippen LogP contribution in [-0.4, -0.2) is 50.1 Å². The highest BCUT2D eigenvalue weighted by molar-refractivity contribution is 4.95. The van der Waals surface area contributed by atoms with Crippen LogP contribution in [0.2, 0.25) is 0 Å². The summed E-state index contributed by atoms with van der Waals surface area (Å²) in [7, 11) is 0. The third-order valence-electron chi connectivity index (χ3n) is 10.6. The largest absolute Gasteiger partial charge is 0.379 e. The lowest BCUT2D eigenvalue weighted by atomic mass is 9.66. The van der Waals surface area contributed by atoms with Crippen LogP contribution in [0.1, 0.15) is 110 Å². The van der Waals surface area contributed by atoms with Gasteiger partial charge in [0.15, 0.2) is 6.17 Å². The standard InChI is InChI=1S/C31H52F4O2/c1-3-19-37-27-18-17-26(30(34)31(27)35)21-8-5-20(6-9-21)7-10-23-13-16-25(29(33)28(23)32)22-11-14-24(15-12-22)36-4-2/h20-31H,3-19H2,1-2H3. The Hall–Kier alpha value is -0.360. The van der Waals surface area contributed by atoms with E-state index in [9.17, 15) is 8.78 Å². The summed E-state index contributed by atoms with van der Waals surface area (Å²) < 4.78 is 71.3. The number of hydrogen-bond acceptors (Lipinski definition) is 2. The van der Waals surface area contributed by atoms with Crippen molar-refractivity contribution in [1.82, 2.24) is 0 Å². The molecule has 0 spiro atoms. The lowest BCUT2D eigenvalue weighted by Crippen LogP contribution is -2.45. The molecule has 0 radical (unpaired) electrons.